The van der Waals surface area contributed by atoms with Gasteiger partial charge in [0.1, 0.15) is 24.2 Å². The molecule has 0 fully saturated rings. The number of nitrogens with one attached hydrogen (secondary N) is 2. The van der Waals surface area contributed by atoms with Crippen LogP contribution in [0, 0.1) is 17.1 Å². The number of allylic oxidation sites excluding steroid dienone is 1. The Hall–Kier alpha value is -4.64. The van der Waals surface area contributed by atoms with Gasteiger partial charge in [0.05, 0.1) is 24.3 Å². The van der Waals surface area contributed by atoms with Gasteiger partial charge in [0.15, 0.2) is 0 Å². The maximum atomic E-state index is 13.7. The highest BCUT2D eigenvalue weighted by Crippen LogP contribution is 2.30. The van der Waals surface area contributed by atoms with Gasteiger partial charge in [-0.3, -0.25) is 0 Å². The number of urea groups is 1. The summed E-state index contributed by atoms with van der Waals surface area (Å²) in [6, 6.07) is 21.3. The third-order valence-corrected chi connectivity index (χ3v) is 5.83. The van der Waals surface area contributed by atoms with Crippen LogP contribution in [-0.2, 0) is 22.6 Å². The molecule has 3 aromatic rings. The van der Waals surface area contributed by atoms with Crippen LogP contribution in [0.1, 0.15) is 34.7 Å². The van der Waals surface area contributed by atoms with Crippen molar-refractivity contribution >= 4 is 12.0 Å². The van der Waals surface area contributed by atoms with Gasteiger partial charge >= 0.3 is 12.0 Å². The Kier molecular flexibility index (Phi) is 7.61. The SMILES string of the molecule is COc1cccc(CCC2=C(C(=O)OCc3ccc(F)c(C#N)c3)C(c3ccccc3)NC(=O)N2)c1. The smallest absolute Gasteiger partial charge is 0.338 e. The molecule has 2 N–H and O–H groups in total. The molecule has 8 heteroatoms. The van der Waals surface area contributed by atoms with Gasteiger partial charge in [-0.25, -0.2) is 14.0 Å². The number of ether oxygens (including phenoxy) is 2. The van der Waals surface area contributed by atoms with E-state index in [1.807, 2.05) is 54.6 Å². The van der Waals surface area contributed by atoms with Gasteiger partial charge in [-0.2, -0.15) is 5.26 Å². The molecule has 1 aliphatic rings. The van der Waals surface area contributed by atoms with Gasteiger partial charge < -0.3 is 20.1 Å². The molecule has 36 heavy (non-hydrogen) atoms. The van der Waals surface area contributed by atoms with Crippen LogP contribution in [0.3, 0.4) is 0 Å². The highest BCUT2D eigenvalue weighted by atomic mass is 19.1. The fourth-order valence-electron chi connectivity index (χ4n) is 4.02. The lowest BCUT2D eigenvalue weighted by atomic mass is 9.93. The molecule has 1 aliphatic heterocycles. The Morgan fingerprint density at radius 1 is 1.03 bits per heavy atom. The number of esters is 1. The van der Waals surface area contributed by atoms with E-state index in [0.717, 1.165) is 17.2 Å². The highest BCUT2D eigenvalue weighted by molar-refractivity contribution is 5.95. The van der Waals surface area contributed by atoms with E-state index >= 15 is 0 Å². The molecular formula is C28H24FN3O4. The van der Waals surface area contributed by atoms with E-state index in [2.05, 4.69) is 10.6 Å². The van der Waals surface area contributed by atoms with E-state index < -0.39 is 23.9 Å². The molecule has 1 atom stereocenters. The van der Waals surface area contributed by atoms with Crippen LogP contribution >= 0.6 is 0 Å². The molecule has 2 amide bonds. The zero-order valence-electron chi connectivity index (χ0n) is 19.6. The Labute approximate surface area is 208 Å². The van der Waals surface area contributed by atoms with Crippen molar-refractivity contribution in [3.8, 4) is 11.8 Å². The van der Waals surface area contributed by atoms with Crippen LogP contribution in [0.4, 0.5) is 9.18 Å². The summed E-state index contributed by atoms with van der Waals surface area (Å²) in [7, 11) is 1.59. The summed E-state index contributed by atoms with van der Waals surface area (Å²) >= 11 is 0. The number of benzene rings is 3. The number of nitriles is 1. The molecule has 1 unspecified atom stereocenters. The summed E-state index contributed by atoms with van der Waals surface area (Å²) in [5.41, 5.74) is 2.80. The lowest BCUT2D eigenvalue weighted by Gasteiger charge is -2.29. The van der Waals surface area contributed by atoms with E-state index in [1.54, 1.807) is 13.2 Å². The van der Waals surface area contributed by atoms with Crippen molar-refractivity contribution in [2.24, 2.45) is 0 Å². The van der Waals surface area contributed by atoms with Gasteiger partial charge in [-0.15, -0.1) is 0 Å². The van der Waals surface area contributed by atoms with Gasteiger partial charge in [-0.05, 0) is 53.8 Å². The van der Waals surface area contributed by atoms with Gasteiger partial charge in [0, 0.05) is 5.70 Å². The van der Waals surface area contributed by atoms with E-state index in [0.29, 0.717) is 29.9 Å². The van der Waals surface area contributed by atoms with E-state index in [9.17, 15) is 14.0 Å². The Balaban J connectivity index is 1.63. The number of carbonyl (C=O) groups excluding carboxylic acids is 2. The van der Waals surface area contributed by atoms with Crippen LogP contribution in [0.2, 0.25) is 0 Å². The van der Waals surface area contributed by atoms with Gasteiger partial charge in [0.2, 0.25) is 0 Å². The molecule has 0 aliphatic carbocycles. The second-order valence-corrected chi connectivity index (χ2v) is 8.19. The first-order valence-electron chi connectivity index (χ1n) is 11.3. The molecule has 1 heterocycles. The molecule has 7 nitrogen and oxygen atoms in total. The van der Waals surface area contributed by atoms with E-state index in [1.165, 1.54) is 12.1 Å². The number of aryl methyl sites for hydroxylation is 1. The first-order chi connectivity index (χ1) is 17.5. The molecule has 0 saturated carbocycles. The highest BCUT2D eigenvalue weighted by Gasteiger charge is 2.33. The molecule has 0 radical (unpaired) electrons. The zero-order chi connectivity index (χ0) is 25.5. The number of hydrogen-bond donors (Lipinski definition) is 2. The zero-order valence-corrected chi connectivity index (χ0v) is 19.6. The number of hydrogen-bond acceptors (Lipinski definition) is 5. The fraction of sp³-hybridized carbons (Fsp3) is 0.179. The van der Waals surface area contributed by atoms with Gasteiger partial charge in [0.25, 0.3) is 0 Å². The largest absolute Gasteiger partial charge is 0.497 e. The number of carbonyl (C=O) groups is 2. The monoisotopic (exact) mass is 485 g/mol. The second-order valence-electron chi connectivity index (χ2n) is 8.19. The summed E-state index contributed by atoms with van der Waals surface area (Å²) < 4.78 is 24.5. The van der Waals surface area contributed by atoms with Crippen LogP contribution in [0.5, 0.6) is 5.75 Å². The summed E-state index contributed by atoms with van der Waals surface area (Å²) in [6.45, 7) is -0.157. The van der Waals surface area contributed by atoms with Crippen molar-refractivity contribution in [3.63, 3.8) is 0 Å². The van der Waals surface area contributed by atoms with Gasteiger partial charge in [-0.1, -0.05) is 48.5 Å². The number of rotatable bonds is 8. The maximum Gasteiger partial charge on any atom is 0.338 e. The van der Waals surface area contributed by atoms with Crippen LogP contribution in [0.15, 0.2) is 84.1 Å². The van der Waals surface area contributed by atoms with Crippen LogP contribution in [0.25, 0.3) is 0 Å². The number of nitrogens with zero attached hydrogens (tertiary/aromatic N) is 1. The Morgan fingerprint density at radius 2 is 1.83 bits per heavy atom. The summed E-state index contributed by atoms with van der Waals surface area (Å²) in [4.78, 5) is 25.9. The van der Waals surface area contributed by atoms with Crippen molar-refractivity contribution in [3.05, 3.63) is 112 Å². The number of halogens is 1. The molecule has 0 aromatic heterocycles. The maximum absolute atomic E-state index is 13.7. The normalized spacial score (nSPS) is 14.9. The lowest BCUT2D eigenvalue weighted by Crippen LogP contribution is -2.46. The predicted molar refractivity (Wildman–Crippen MR) is 130 cm³/mol. The molecule has 3 aromatic carbocycles. The molecule has 182 valence electrons. The third-order valence-electron chi connectivity index (χ3n) is 5.83. The quantitative estimate of drug-likeness (QED) is 0.451. The molecular weight excluding hydrogens is 461 g/mol. The summed E-state index contributed by atoms with van der Waals surface area (Å²) in [6.07, 6.45) is 0.929. The second kappa shape index (κ2) is 11.2. The van der Waals surface area contributed by atoms with Crippen molar-refractivity contribution < 1.29 is 23.5 Å². The summed E-state index contributed by atoms with van der Waals surface area (Å²) in [5, 5.41) is 14.7. The van der Waals surface area contributed by atoms with Crippen LogP contribution in [-0.4, -0.2) is 19.1 Å². The standard InChI is InChI=1S/C28H24FN3O4/c1-35-22-9-5-6-18(15-22)11-13-24-25(26(32-28(34)31-24)20-7-3-2-4-8-20)27(33)36-17-19-10-12-23(29)21(14-19)16-30/h2-10,12,14-15,26H,11,13,17H2,1H3,(H2,31,32,34). The topological polar surface area (TPSA) is 100 Å². The molecule has 0 saturated heterocycles. The van der Waals surface area contributed by atoms with E-state index in [4.69, 9.17) is 14.7 Å². The van der Waals surface area contributed by atoms with Crippen LogP contribution < -0.4 is 15.4 Å². The minimum Gasteiger partial charge on any atom is -0.497 e. The molecule has 0 spiro atoms. The predicted octanol–water partition coefficient (Wildman–Crippen LogP) is 4.69. The first-order valence-corrected chi connectivity index (χ1v) is 11.3. The lowest BCUT2D eigenvalue weighted by molar-refractivity contribution is -0.140. The summed E-state index contributed by atoms with van der Waals surface area (Å²) in [5.74, 6) is -0.549. The Bertz CT molecular complexity index is 1350. The molecule has 4 rings (SSSR count). The minimum atomic E-state index is -0.712. The van der Waals surface area contributed by atoms with Crippen molar-refractivity contribution in [2.45, 2.75) is 25.5 Å². The Morgan fingerprint density at radius 3 is 2.58 bits per heavy atom. The average molecular weight is 486 g/mol. The third kappa shape index (κ3) is 5.70. The van der Waals surface area contributed by atoms with E-state index in [-0.39, 0.29) is 17.7 Å². The fourth-order valence-corrected chi connectivity index (χ4v) is 4.02. The minimum absolute atomic E-state index is 0.129. The number of amides is 2. The average Bonchev–Trinajstić information content (AvgIpc) is 2.91. The molecule has 0 bridgehead atoms. The first kappa shape index (κ1) is 24.5. The van der Waals surface area contributed by atoms with Crippen molar-refractivity contribution in [1.29, 1.82) is 5.26 Å². The van der Waals surface area contributed by atoms with Crippen molar-refractivity contribution in [2.75, 3.05) is 7.11 Å². The van der Waals surface area contributed by atoms with Crippen molar-refractivity contribution in [1.82, 2.24) is 10.6 Å². The number of methoxy groups -OCH3 is 1.